The molecule has 0 aromatic heterocycles. The van der Waals surface area contributed by atoms with Crippen molar-refractivity contribution in [3.05, 3.63) is 0 Å². The summed E-state index contributed by atoms with van der Waals surface area (Å²) in [7, 11) is 5.89. The van der Waals surface area contributed by atoms with Gasteiger partial charge < -0.3 is 19.7 Å². The molecule has 0 spiro atoms. The number of hydrogen-bond acceptors (Lipinski definition) is 4. The third-order valence-electron chi connectivity index (χ3n) is 2.38. The van der Waals surface area contributed by atoms with Crippen LogP contribution >= 0.6 is 0 Å². The SMILES string of the molecule is COCCCOCCNCC(C)N(C)C. The summed E-state index contributed by atoms with van der Waals surface area (Å²) < 4.78 is 10.3. The minimum absolute atomic E-state index is 0.568. The predicted molar refractivity (Wildman–Crippen MR) is 63.3 cm³/mol. The van der Waals surface area contributed by atoms with E-state index >= 15 is 0 Å². The van der Waals surface area contributed by atoms with E-state index in [1.165, 1.54) is 0 Å². The van der Waals surface area contributed by atoms with E-state index in [1.54, 1.807) is 7.11 Å². The van der Waals surface area contributed by atoms with Crippen LogP contribution in [0.1, 0.15) is 13.3 Å². The van der Waals surface area contributed by atoms with Crippen LogP contribution in [-0.2, 0) is 9.47 Å². The lowest BCUT2D eigenvalue weighted by Crippen LogP contribution is -2.36. The maximum absolute atomic E-state index is 5.42. The summed E-state index contributed by atoms with van der Waals surface area (Å²) in [6, 6.07) is 0.568. The van der Waals surface area contributed by atoms with E-state index in [2.05, 4.69) is 31.2 Å². The smallest absolute Gasteiger partial charge is 0.0590 e. The average molecular weight is 218 g/mol. The molecule has 4 heteroatoms. The molecule has 0 radical (unpaired) electrons. The summed E-state index contributed by atoms with van der Waals surface area (Å²) in [4.78, 5) is 2.20. The van der Waals surface area contributed by atoms with Gasteiger partial charge in [-0.1, -0.05) is 0 Å². The van der Waals surface area contributed by atoms with Crippen LogP contribution < -0.4 is 5.32 Å². The van der Waals surface area contributed by atoms with Gasteiger partial charge in [0.15, 0.2) is 0 Å². The highest BCUT2D eigenvalue weighted by molar-refractivity contribution is 4.62. The molecule has 1 N–H and O–H groups in total. The summed E-state index contributed by atoms with van der Waals surface area (Å²) in [5, 5.41) is 3.36. The molecule has 92 valence electrons. The van der Waals surface area contributed by atoms with Gasteiger partial charge in [-0.25, -0.2) is 0 Å². The highest BCUT2D eigenvalue weighted by atomic mass is 16.5. The summed E-state index contributed by atoms with van der Waals surface area (Å²) in [6.07, 6.45) is 0.977. The van der Waals surface area contributed by atoms with Crippen LogP contribution in [0.2, 0.25) is 0 Å². The number of likely N-dealkylation sites (N-methyl/N-ethyl adjacent to an activating group) is 1. The quantitative estimate of drug-likeness (QED) is 0.544. The van der Waals surface area contributed by atoms with Crippen LogP contribution in [0.4, 0.5) is 0 Å². The van der Waals surface area contributed by atoms with Gasteiger partial charge in [0.05, 0.1) is 6.61 Å². The average Bonchev–Trinajstić information content (AvgIpc) is 2.21. The molecule has 0 fully saturated rings. The normalized spacial score (nSPS) is 13.4. The Labute approximate surface area is 93.9 Å². The van der Waals surface area contributed by atoms with Crippen molar-refractivity contribution >= 4 is 0 Å². The zero-order valence-electron chi connectivity index (χ0n) is 10.6. The first-order chi connectivity index (χ1) is 7.18. The fraction of sp³-hybridized carbons (Fsp3) is 1.00. The lowest BCUT2D eigenvalue weighted by atomic mass is 10.3. The summed E-state index contributed by atoms with van der Waals surface area (Å²) in [5.41, 5.74) is 0. The van der Waals surface area contributed by atoms with Crippen LogP contribution in [0.3, 0.4) is 0 Å². The molecule has 0 aromatic carbocycles. The Hall–Kier alpha value is -0.160. The van der Waals surface area contributed by atoms with Crippen molar-refractivity contribution in [2.45, 2.75) is 19.4 Å². The largest absolute Gasteiger partial charge is 0.385 e. The van der Waals surface area contributed by atoms with Gasteiger partial charge in [0.2, 0.25) is 0 Å². The van der Waals surface area contributed by atoms with Crippen molar-refractivity contribution in [3.8, 4) is 0 Å². The number of hydrogen-bond donors (Lipinski definition) is 1. The number of nitrogens with one attached hydrogen (secondary N) is 1. The molecule has 0 aromatic rings. The zero-order chi connectivity index (χ0) is 11.5. The van der Waals surface area contributed by atoms with Crippen molar-refractivity contribution in [2.24, 2.45) is 0 Å². The second-order valence-electron chi connectivity index (χ2n) is 3.98. The molecular formula is C11H26N2O2. The molecule has 1 unspecified atom stereocenters. The maximum atomic E-state index is 5.42. The summed E-state index contributed by atoms with van der Waals surface area (Å²) >= 11 is 0. The monoisotopic (exact) mass is 218 g/mol. The first-order valence-corrected chi connectivity index (χ1v) is 5.62. The Bertz CT molecular complexity index is 132. The Kier molecular flexibility index (Phi) is 10.3. The fourth-order valence-electron chi connectivity index (χ4n) is 1.05. The van der Waals surface area contributed by atoms with E-state index in [1.807, 2.05) is 0 Å². The third kappa shape index (κ3) is 10.1. The predicted octanol–water partition coefficient (Wildman–Crippen LogP) is 0.579. The summed E-state index contributed by atoms with van der Waals surface area (Å²) in [6.45, 7) is 6.49. The molecule has 0 heterocycles. The molecule has 0 aliphatic carbocycles. The van der Waals surface area contributed by atoms with E-state index in [4.69, 9.17) is 9.47 Å². The Morgan fingerprint density at radius 1 is 1.20 bits per heavy atom. The van der Waals surface area contributed by atoms with Crippen LogP contribution in [-0.4, -0.2) is 65.1 Å². The molecule has 15 heavy (non-hydrogen) atoms. The van der Waals surface area contributed by atoms with E-state index in [9.17, 15) is 0 Å². The highest BCUT2D eigenvalue weighted by Crippen LogP contribution is 1.88. The van der Waals surface area contributed by atoms with E-state index in [0.717, 1.165) is 39.3 Å². The molecule has 0 aliphatic rings. The van der Waals surface area contributed by atoms with Crippen LogP contribution in [0.5, 0.6) is 0 Å². The van der Waals surface area contributed by atoms with E-state index < -0.39 is 0 Å². The molecule has 0 rings (SSSR count). The maximum Gasteiger partial charge on any atom is 0.0590 e. The van der Waals surface area contributed by atoms with Crippen LogP contribution in [0, 0.1) is 0 Å². The van der Waals surface area contributed by atoms with Crippen molar-refractivity contribution in [3.63, 3.8) is 0 Å². The lowest BCUT2D eigenvalue weighted by molar-refractivity contribution is 0.103. The molecule has 0 amide bonds. The van der Waals surface area contributed by atoms with E-state index in [0.29, 0.717) is 6.04 Å². The number of methoxy groups -OCH3 is 1. The van der Waals surface area contributed by atoms with Crippen molar-refractivity contribution in [1.82, 2.24) is 10.2 Å². The molecule has 0 saturated heterocycles. The van der Waals surface area contributed by atoms with Crippen LogP contribution in [0.15, 0.2) is 0 Å². The van der Waals surface area contributed by atoms with Gasteiger partial charge in [-0.15, -0.1) is 0 Å². The van der Waals surface area contributed by atoms with Crippen molar-refractivity contribution in [2.75, 3.05) is 54.1 Å². The minimum atomic E-state index is 0.568. The molecule has 0 aliphatic heterocycles. The molecule has 0 bridgehead atoms. The van der Waals surface area contributed by atoms with Crippen LogP contribution in [0.25, 0.3) is 0 Å². The zero-order valence-corrected chi connectivity index (χ0v) is 10.6. The first kappa shape index (κ1) is 14.8. The Morgan fingerprint density at radius 3 is 2.53 bits per heavy atom. The molecule has 0 saturated carbocycles. The lowest BCUT2D eigenvalue weighted by Gasteiger charge is -2.19. The fourth-order valence-corrected chi connectivity index (χ4v) is 1.05. The third-order valence-corrected chi connectivity index (χ3v) is 2.38. The Morgan fingerprint density at radius 2 is 1.93 bits per heavy atom. The number of nitrogens with zero attached hydrogens (tertiary/aromatic N) is 1. The van der Waals surface area contributed by atoms with Crippen molar-refractivity contribution < 1.29 is 9.47 Å². The van der Waals surface area contributed by atoms with Gasteiger partial charge in [-0.2, -0.15) is 0 Å². The summed E-state index contributed by atoms with van der Waals surface area (Å²) in [5.74, 6) is 0. The number of ether oxygens (including phenoxy) is 2. The minimum Gasteiger partial charge on any atom is -0.385 e. The molecule has 1 atom stereocenters. The van der Waals surface area contributed by atoms with Gasteiger partial charge in [-0.3, -0.25) is 0 Å². The Balaban J connectivity index is 3.05. The van der Waals surface area contributed by atoms with Gasteiger partial charge in [0.1, 0.15) is 0 Å². The van der Waals surface area contributed by atoms with E-state index in [-0.39, 0.29) is 0 Å². The van der Waals surface area contributed by atoms with Gasteiger partial charge in [0.25, 0.3) is 0 Å². The number of rotatable bonds is 10. The van der Waals surface area contributed by atoms with Gasteiger partial charge >= 0.3 is 0 Å². The first-order valence-electron chi connectivity index (χ1n) is 5.62. The van der Waals surface area contributed by atoms with Crippen molar-refractivity contribution in [1.29, 1.82) is 0 Å². The molecular weight excluding hydrogens is 192 g/mol. The second kappa shape index (κ2) is 10.4. The standard InChI is InChI=1S/C11H26N2O2/c1-11(13(2)3)10-12-6-9-15-8-5-7-14-4/h11-12H,5-10H2,1-4H3. The molecule has 4 nitrogen and oxygen atoms in total. The topological polar surface area (TPSA) is 33.7 Å². The second-order valence-corrected chi connectivity index (χ2v) is 3.98. The highest BCUT2D eigenvalue weighted by Gasteiger charge is 2.02. The van der Waals surface area contributed by atoms with Gasteiger partial charge in [0, 0.05) is 39.5 Å². The van der Waals surface area contributed by atoms with Gasteiger partial charge in [-0.05, 0) is 27.4 Å².